The minimum Gasteiger partial charge on any atom is -0.487 e. The molecule has 0 saturated carbocycles. The largest absolute Gasteiger partial charge is 0.487 e. The van der Waals surface area contributed by atoms with Gasteiger partial charge in [-0.3, -0.25) is 10.1 Å². The highest BCUT2D eigenvalue weighted by Gasteiger charge is 2.20. The normalized spacial score (nSPS) is 13.2. The first kappa shape index (κ1) is 16.9. The molecule has 0 fully saturated rings. The molecule has 0 heterocycles. The number of nitriles is 1. The number of para-hydroxylation sites is 1. The number of nitrogens with one attached hydrogen (secondary N) is 1. The van der Waals surface area contributed by atoms with Gasteiger partial charge in [0.25, 0.3) is 0 Å². The molecule has 6 nitrogen and oxygen atoms in total. The molecule has 6 heteroatoms. The van der Waals surface area contributed by atoms with Gasteiger partial charge in [0.05, 0.1) is 17.6 Å². The fourth-order valence-electron chi connectivity index (χ4n) is 1.96. The topological polar surface area (TPSA) is 88.2 Å². The van der Waals surface area contributed by atoms with Crippen molar-refractivity contribution in [3.63, 3.8) is 0 Å². The van der Waals surface area contributed by atoms with E-state index in [0.717, 1.165) is 18.4 Å². The van der Waals surface area contributed by atoms with Crippen LogP contribution in [0.25, 0.3) is 0 Å². The van der Waals surface area contributed by atoms with Gasteiger partial charge in [-0.05, 0) is 45.7 Å². The summed E-state index contributed by atoms with van der Waals surface area (Å²) < 4.78 is 5.57. The van der Waals surface area contributed by atoms with Crippen LogP contribution >= 0.6 is 0 Å². The van der Waals surface area contributed by atoms with Crippen LogP contribution in [0, 0.1) is 28.4 Å². The van der Waals surface area contributed by atoms with Gasteiger partial charge in [0.2, 0.25) is 0 Å². The number of ether oxygens (including phenoxy) is 1. The van der Waals surface area contributed by atoms with E-state index in [-0.39, 0.29) is 5.69 Å². The van der Waals surface area contributed by atoms with Gasteiger partial charge in [0, 0.05) is 6.07 Å². The maximum Gasteiger partial charge on any atom is 0.311 e. The van der Waals surface area contributed by atoms with E-state index in [9.17, 15) is 10.1 Å². The van der Waals surface area contributed by atoms with Crippen molar-refractivity contribution in [3.8, 4) is 11.8 Å². The van der Waals surface area contributed by atoms with E-state index >= 15 is 0 Å². The number of aryl methyl sites for hydroxylation is 1. The Morgan fingerprint density at radius 3 is 2.76 bits per heavy atom. The molecule has 0 aliphatic heterocycles. The molecule has 1 atom stereocenters. The third kappa shape index (κ3) is 4.72. The summed E-state index contributed by atoms with van der Waals surface area (Å²) in [4.78, 5) is 10.5. The molecule has 0 saturated heterocycles. The highest BCUT2D eigenvalue weighted by Crippen LogP contribution is 2.30. The number of nitro benzene ring substituents is 1. The molecule has 1 N–H and O–H groups in total. The van der Waals surface area contributed by atoms with Gasteiger partial charge >= 0.3 is 5.69 Å². The van der Waals surface area contributed by atoms with Crippen LogP contribution in [0.5, 0.6) is 5.75 Å². The molecule has 1 rings (SSSR count). The summed E-state index contributed by atoms with van der Waals surface area (Å²) in [6.45, 7) is 4.03. The third-order valence-corrected chi connectivity index (χ3v) is 3.50. The molecular weight excluding hydrogens is 270 g/mol. The summed E-state index contributed by atoms with van der Waals surface area (Å²) >= 11 is 0. The predicted molar refractivity (Wildman–Crippen MR) is 80.3 cm³/mol. The van der Waals surface area contributed by atoms with Crippen LogP contribution < -0.4 is 10.1 Å². The second-order valence-corrected chi connectivity index (χ2v) is 5.18. The molecule has 0 aliphatic carbocycles. The Kier molecular flexibility index (Phi) is 6.12. The van der Waals surface area contributed by atoms with E-state index in [1.165, 1.54) is 6.07 Å². The van der Waals surface area contributed by atoms with Gasteiger partial charge in [-0.15, -0.1) is 0 Å². The number of unbranched alkanes of at least 4 members (excludes halogenated alkanes) is 1. The summed E-state index contributed by atoms with van der Waals surface area (Å²) in [6, 6.07) is 7.10. The van der Waals surface area contributed by atoms with Crippen LogP contribution in [-0.2, 0) is 0 Å². The number of hydrogen-bond donors (Lipinski definition) is 1. The Morgan fingerprint density at radius 2 is 2.19 bits per heavy atom. The lowest BCUT2D eigenvalue weighted by molar-refractivity contribution is -0.385. The Labute approximate surface area is 124 Å². The molecule has 0 bridgehead atoms. The fraction of sp³-hybridized carbons (Fsp3) is 0.533. The van der Waals surface area contributed by atoms with Gasteiger partial charge in [0.1, 0.15) is 5.54 Å². The Balaban J connectivity index is 2.51. The third-order valence-electron chi connectivity index (χ3n) is 3.50. The van der Waals surface area contributed by atoms with Crippen molar-refractivity contribution < 1.29 is 9.66 Å². The maximum absolute atomic E-state index is 11.0. The minimum absolute atomic E-state index is 0.00733. The van der Waals surface area contributed by atoms with Crippen LogP contribution in [0.4, 0.5) is 5.69 Å². The van der Waals surface area contributed by atoms with Crippen LogP contribution in [0.15, 0.2) is 18.2 Å². The van der Waals surface area contributed by atoms with Gasteiger partial charge in [-0.25, -0.2) is 0 Å². The Bertz CT molecular complexity index is 539. The quantitative estimate of drug-likeness (QED) is 0.452. The lowest BCUT2D eigenvalue weighted by atomic mass is 9.97. The number of nitrogens with zero attached hydrogens (tertiary/aromatic N) is 2. The number of hydrogen-bond acceptors (Lipinski definition) is 5. The summed E-state index contributed by atoms with van der Waals surface area (Å²) in [5.74, 6) is 0.333. The van der Waals surface area contributed by atoms with Crippen molar-refractivity contribution in [1.29, 1.82) is 5.26 Å². The molecule has 0 aromatic heterocycles. The first-order valence-electron chi connectivity index (χ1n) is 6.90. The van der Waals surface area contributed by atoms with E-state index < -0.39 is 10.5 Å². The lowest BCUT2D eigenvalue weighted by Crippen LogP contribution is -2.37. The molecule has 0 amide bonds. The van der Waals surface area contributed by atoms with E-state index in [0.29, 0.717) is 18.8 Å². The average Bonchev–Trinajstić information content (AvgIpc) is 2.47. The van der Waals surface area contributed by atoms with Crippen molar-refractivity contribution in [2.75, 3.05) is 13.7 Å². The predicted octanol–water partition coefficient (Wildman–Crippen LogP) is 2.95. The van der Waals surface area contributed by atoms with Crippen LogP contribution in [0.3, 0.4) is 0 Å². The van der Waals surface area contributed by atoms with Crippen LogP contribution in [-0.4, -0.2) is 24.1 Å². The van der Waals surface area contributed by atoms with Crippen molar-refractivity contribution in [2.24, 2.45) is 0 Å². The summed E-state index contributed by atoms with van der Waals surface area (Å²) in [7, 11) is 1.76. The van der Waals surface area contributed by atoms with Crippen molar-refractivity contribution in [1.82, 2.24) is 5.32 Å². The maximum atomic E-state index is 11.0. The standard InChI is InChI=1S/C15H21N3O3/c1-12-7-6-8-13(18(19)20)14(12)21-10-5-4-9-15(2,11-16)17-3/h6-8,17H,4-5,9-10H2,1-3H3. The van der Waals surface area contributed by atoms with Gasteiger partial charge in [-0.1, -0.05) is 12.1 Å². The molecule has 1 aromatic rings. The SMILES string of the molecule is CNC(C)(C#N)CCCCOc1c(C)cccc1[N+](=O)[O-]. The van der Waals surface area contributed by atoms with Crippen molar-refractivity contribution in [2.45, 2.75) is 38.6 Å². The lowest BCUT2D eigenvalue weighted by Gasteiger charge is -2.20. The zero-order valence-electron chi connectivity index (χ0n) is 12.7. The van der Waals surface area contributed by atoms with E-state index in [1.54, 1.807) is 26.1 Å². The zero-order chi connectivity index (χ0) is 15.9. The number of benzene rings is 1. The zero-order valence-corrected chi connectivity index (χ0v) is 12.7. The van der Waals surface area contributed by atoms with Gasteiger partial charge in [-0.2, -0.15) is 5.26 Å². The molecule has 0 radical (unpaired) electrons. The second kappa shape index (κ2) is 7.60. The highest BCUT2D eigenvalue weighted by molar-refractivity contribution is 5.51. The summed E-state index contributed by atoms with van der Waals surface area (Å²) in [5, 5.41) is 23.0. The van der Waals surface area contributed by atoms with Gasteiger partial charge < -0.3 is 10.1 Å². The van der Waals surface area contributed by atoms with Crippen molar-refractivity contribution in [3.05, 3.63) is 33.9 Å². The van der Waals surface area contributed by atoms with E-state index in [4.69, 9.17) is 10.00 Å². The molecule has 0 aliphatic rings. The number of rotatable bonds is 8. The molecule has 1 unspecified atom stereocenters. The second-order valence-electron chi connectivity index (χ2n) is 5.18. The molecule has 21 heavy (non-hydrogen) atoms. The van der Waals surface area contributed by atoms with Crippen molar-refractivity contribution >= 4 is 5.69 Å². The highest BCUT2D eigenvalue weighted by atomic mass is 16.6. The van der Waals surface area contributed by atoms with Crippen LogP contribution in [0.1, 0.15) is 31.7 Å². The monoisotopic (exact) mass is 291 g/mol. The average molecular weight is 291 g/mol. The van der Waals surface area contributed by atoms with Crippen LogP contribution in [0.2, 0.25) is 0 Å². The molecular formula is C15H21N3O3. The molecule has 0 spiro atoms. The smallest absolute Gasteiger partial charge is 0.311 e. The van der Waals surface area contributed by atoms with Gasteiger partial charge in [0.15, 0.2) is 5.75 Å². The molecule has 114 valence electrons. The first-order chi connectivity index (χ1) is 9.93. The fourth-order valence-corrected chi connectivity index (χ4v) is 1.96. The first-order valence-corrected chi connectivity index (χ1v) is 6.90. The minimum atomic E-state index is -0.533. The van der Waals surface area contributed by atoms with E-state index in [1.807, 2.05) is 6.92 Å². The Hall–Kier alpha value is -2.13. The number of nitro groups is 1. The van der Waals surface area contributed by atoms with E-state index in [2.05, 4.69) is 11.4 Å². The summed E-state index contributed by atoms with van der Waals surface area (Å²) in [5.41, 5.74) is 0.211. The molecule has 1 aromatic carbocycles. The Morgan fingerprint density at radius 1 is 1.48 bits per heavy atom. The summed E-state index contributed by atoms with van der Waals surface area (Å²) in [6.07, 6.45) is 2.26.